The van der Waals surface area contributed by atoms with Gasteiger partial charge in [-0.05, 0) is 93.8 Å². The Morgan fingerprint density at radius 1 is 1.23 bits per heavy atom. The number of carbonyl (C=O) groups is 1. The number of rotatable bonds is 5. The Hall–Kier alpha value is -2.40. The number of nitrogens with one attached hydrogen (secondary N) is 1. The molecule has 1 fully saturated rings. The summed E-state index contributed by atoms with van der Waals surface area (Å²) in [7, 11) is 0. The smallest absolute Gasteiger partial charge is 0.277 e. The fraction of sp³-hybridized carbons (Fsp3) is 0.520. The van der Waals surface area contributed by atoms with Crippen LogP contribution in [0.15, 0.2) is 34.9 Å². The maximum Gasteiger partial charge on any atom is 0.277 e. The van der Waals surface area contributed by atoms with Gasteiger partial charge in [-0.25, -0.2) is 0 Å². The summed E-state index contributed by atoms with van der Waals surface area (Å²) in [6, 6.07) is 8.29. The number of hydrogen-bond acceptors (Lipinski definition) is 4. The van der Waals surface area contributed by atoms with Crippen molar-refractivity contribution in [1.82, 2.24) is 10.1 Å². The molecule has 1 saturated heterocycles. The third-order valence-corrected chi connectivity index (χ3v) is 6.68. The zero-order chi connectivity index (χ0) is 21.1. The summed E-state index contributed by atoms with van der Waals surface area (Å²) in [5.41, 5.74) is 5.12. The molecule has 1 atom stereocenters. The molecule has 2 aliphatic rings. The molecule has 5 nitrogen and oxygen atoms in total. The second kappa shape index (κ2) is 9.17. The number of likely N-dealkylation sites (tertiary alicyclic amines) is 1. The van der Waals surface area contributed by atoms with Crippen molar-refractivity contribution in [2.24, 2.45) is 5.92 Å². The summed E-state index contributed by atoms with van der Waals surface area (Å²) in [5, 5.41) is 6.95. The monoisotopic (exact) mass is 407 g/mol. The van der Waals surface area contributed by atoms with Gasteiger partial charge in [-0.3, -0.25) is 4.79 Å². The van der Waals surface area contributed by atoms with Crippen LogP contribution in [0.4, 0.5) is 5.69 Å². The van der Waals surface area contributed by atoms with E-state index in [2.05, 4.69) is 53.5 Å². The zero-order valence-electron chi connectivity index (χ0n) is 18.4. The molecule has 5 heteroatoms. The lowest BCUT2D eigenvalue weighted by molar-refractivity contribution is 0.101. The molecule has 0 saturated carbocycles. The minimum Gasteiger partial charge on any atom is -0.361 e. The highest BCUT2D eigenvalue weighted by Crippen LogP contribution is 2.37. The molecule has 1 aromatic heterocycles. The molecular weight excluding hydrogens is 374 g/mol. The molecule has 1 aliphatic heterocycles. The van der Waals surface area contributed by atoms with Crippen molar-refractivity contribution in [3.05, 3.63) is 52.9 Å². The first kappa shape index (κ1) is 20.9. The predicted molar refractivity (Wildman–Crippen MR) is 121 cm³/mol. The molecule has 2 aromatic rings. The predicted octanol–water partition coefficient (Wildman–Crippen LogP) is 5.64. The molecule has 160 valence electrons. The number of anilines is 1. The number of allylic oxidation sites excluding steroid dienone is 2. The average Bonchev–Trinajstić information content (AvgIpc) is 3.21. The molecule has 0 spiro atoms. The van der Waals surface area contributed by atoms with E-state index >= 15 is 0 Å². The van der Waals surface area contributed by atoms with Gasteiger partial charge in [-0.15, -0.1) is 0 Å². The third-order valence-electron chi connectivity index (χ3n) is 6.68. The molecule has 2 heterocycles. The normalized spacial score (nSPS) is 20.8. The maximum atomic E-state index is 12.7. The van der Waals surface area contributed by atoms with Crippen molar-refractivity contribution in [2.75, 3.05) is 25.0 Å². The van der Waals surface area contributed by atoms with E-state index in [4.69, 9.17) is 4.52 Å². The van der Waals surface area contributed by atoms with Crippen molar-refractivity contribution in [3.8, 4) is 0 Å². The number of piperidine rings is 1. The molecule has 0 bridgehead atoms. The van der Waals surface area contributed by atoms with E-state index in [1.165, 1.54) is 49.1 Å². The molecular formula is C25H33N3O2. The van der Waals surface area contributed by atoms with Crippen LogP contribution in [0.5, 0.6) is 0 Å². The number of aromatic nitrogens is 1. The minimum absolute atomic E-state index is 0.220. The average molecular weight is 408 g/mol. The summed E-state index contributed by atoms with van der Waals surface area (Å²) in [4.78, 5) is 15.2. The van der Waals surface area contributed by atoms with Crippen molar-refractivity contribution in [1.29, 1.82) is 0 Å². The second-order valence-electron chi connectivity index (χ2n) is 8.90. The number of hydrogen-bond donors (Lipinski definition) is 1. The van der Waals surface area contributed by atoms with Gasteiger partial charge in [-0.1, -0.05) is 31.1 Å². The Morgan fingerprint density at radius 3 is 2.67 bits per heavy atom. The lowest BCUT2D eigenvalue weighted by Crippen LogP contribution is -2.32. The van der Waals surface area contributed by atoms with E-state index < -0.39 is 0 Å². The Morgan fingerprint density at radius 2 is 2.03 bits per heavy atom. The first-order chi connectivity index (χ1) is 14.5. The molecule has 1 aliphatic carbocycles. The largest absolute Gasteiger partial charge is 0.361 e. The first-order valence-electron chi connectivity index (χ1n) is 11.3. The Bertz CT molecular complexity index is 922. The number of carbonyl (C=O) groups excluding carboxylic acids is 1. The van der Waals surface area contributed by atoms with Gasteiger partial charge in [0.05, 0.1) is 0 Å². The lowest BCUT2D eigenvalue weighted by atomic mass is 9.83. The second-order valence-corrected chi connectivity index (χ2v) is 8.90. The van der Waals surface area contributed by atoms with Gasteiger partial charge in [0, 0.05) is 17.3 Å². The number of nitrogens with zero attached hydrogens (tertiary/aromatic N) is 2. The van der Waals surface area contributed by atoms with Crippen molar-refractivity contribution < 1.29 is 9.32 Å². The minimum atomic E-state index is -0.220. The molecule has 0 radical (unpaired) electrons. The van der Waals surface area contributed by atoms with E-state index in [0.717, 1.165) is 31.0 Å². The highest BCUT2D eigenvalue weighted by Gasteiger charge is 2.23. The Labute approximate surface area is 179 Å². The number of amides is 1. The van der Waals surface area contributed by atoms with Crippen LogP contribution in [0.25, 0.3) is 5.57 Å². The first-order valence-corrected chi connectivity index (χ1v) is 11.3. The molecule has 1 amide bonds. The Balaban J connectivity index is 1.61. The van der Waals surface area contributed by atoms with Gasteiger partial charge >= 0.3 is 0 Å². The molecule has 1 unspecified atom stereocenters. The molecule has 4 rings (SSSR count). The zero-order valence-corrected chi connectivity index (χ0v) is 18.4. The van der Waals surface area contributed by atoms with Crippen LogP contribution in [-0.4, -0.2) is 35.6 Å². The fourth-order valence-corrected chi connectivity index (χ4v) is 4.64. The van der Waals surface area contributed by atoms with E-state index in [-0.39, 0.29) is 5.91 Å². The van der Waals surface area contributed by atoms with Crippen LogP contribution in [0.3, 0.4) is 0 Å². The maximum absolute atomic E-state index is 12.7. The standard InChI is InChI=1S/C25H33N3O2/c1-4-28-13-11-19(12-14-28)21-9-10-23(26-25(29)24-15-18(3)30-27-24)22(16-21)20-7-5-17(2)6-8-20/h7,9-10,15-17,19H,4-6,8,11-14H2,1-3H3,(H,26,29). The van der Waals surface area contributed by atoms with Crippen LogP contribution >= 0.6 is 0 Å². The van der Waals surface area contributed by atoms with Crippen molar-refractivity contribution >= 4 is 17.2 Å². The van der Waals surface area contributed by atoms with Crippen molar-refractivity contribution in [2.45, 2.75) is 58.8 Å². The third kappa shape index (κ3) is 4.67. The van der Waals surface area contributed by atoms with E-state index in [9.17, 15) is 4.79 Å². The van der Waals surface area contributed by atoms with E-state index in [1.54, 1.807) is 13.0 Å². The summed E-state index contributed by atoms with van der Waals surface area (Å²) < 4.78 is 5.07. The van der Waals surface area contributed by atoms with Gasteiger partial charge in [0.1, 0.15) is 5.76 Å². The van der Waals surface area contributed by atoms with Crippen molar-refractivity contribution in [3.63, 3.8) is 0 Å². The van der Waals surface area contributed by atoms with Crippen LogP contribution in [-0.2, 0) is 0 Å². The molecule has 30 heavy (non-hydrogen) atoms. The van der Waals surface area contributed by atoms with E-state index in [1.807, 2.05) is 0 Å². The highest BCUT2D eigenvalue weighted by atomic mass is 16.5. The van der Waals surface area contributed by atoms with Gasteiger partial charge < -0.3 is 14.7 Å². The van der Waals surface area contributed by atoms with Crippen LogP contribution < -0.4 is 5.32 Å². The summed E-state index contributed by atoms with van der Waals surface area (Å²) >= 11 is 0. The quantitative estimate of drug-likeness (QED) is 0.697. The molecule has 1 aromatic carbocycles. The molecule has 1 N–H and O–H groups in total. The van der Waals surface area contributed by atoms with Gasteiger partial charge in [0.15, 0.2) is 5.69 Å². The summed E-state index contributed by atoms with van der Waals surface area (Å²) in [6.45, 7) is 9.81. The summed E-state index contributed by atoms with van der Waals surface area (Å²) in [5.74, 6) is 1.74. The fourth-order valence-electron chi connectivity index (χ4n) is 4.64. The number of benzene rings is 1. The van der Waals surface area contributed by atoms with Gasteiger partial charge in [0.2, 0.25) is 0 Å². The SMILES string of the molecule is CCN1CCC(c2ccc(NC(=O)c3cc(C)on3)c(C3=CCC(C)CC3)c2)CC1. The lowest BCUT2D eigenvalue weighted by Gasteiger charge is -2.32. The van der Waals surface area contributed by atoms with Gasteiger partial charge in [0.25, 0.3) is 5.91 Å². The summed E-state index contributed by atoms with van der Waals surface area (Å²) in [6.07, 6.45) is 8.12. The van der Waals surface area contributed by atoms with Crippen LogP contribution in [0.1, 0.15) is 79.2 Å². The van der Waals surface area contributed by atoms with E-state index in [0.29, 0.717) is 17.4 Å². The topological polar surface area (TPSA) is 58.4 Å². The van der Waals surface area contributed by atoms with Gasteiger partial charge in [-0.2, -0.15) is 0 Å². The number of aryl methyl sites for hydroxylation is 1. The van der Waals surface area contributed by atoms with Crippen LogP contribution in [0, 0.1) is 12.8 Å². The van der Waals surface area contributed by atoms with Crippen LogP contribution in [0.2, 0.25) is 0 Å². The highest BCUT2D eigenvalue weighted by molar-refractivity contribution is 6.04. The Kier molecular flexibility index (Phi) is 6.38.